The van der Waals surface area contributed by atoms with Crippen molar-refractivity contribution in [2.45, 2.75) is 20.0 Å². The van der Waals surface area contributed by atoms with Gasteiger partial charge >= 0.3 is 5.97 Å². The van der Waals surface area contributed by atoms with Crippen molar-refractivity contribution in [2.75, 3.05) is 25.9 Å². The van der Waals surface area contributed by atoms with E-state index in [9.17, 15) is 19.8 Å². The molecule has 0 heterocycles. The normalized spacial score (nSPS) is 11.2. The summed E-state index contributed by atoms with van der Waals surface area (Å²) in [5.74, 6) is -0.610. The van der Waals surface area contributed by atoms with Crippen molar-refractivity contribution in [3.63, 3.8) is 0 Å². The molecule has 0 aliphatic rings. The van der Waals surface area contributed by atoms with E-state index in [1.54, 1.807) is 29.3 Å². The minimum Gasteiger partial charge on any atom is -0.507 e. The van der Waals surface area contributed by atoms with Crippen LogP contribution in [0.1, 0.15) is 38.8 Å². The standard InChI is InChI=1S/C32H35N3O6/c1-5-6-7-8-23(2)41-28-16-11-24(12-17-28)20-33-31(37)26-13-9-25(10-14-26)21-35(40-22-34(3)4)27-15-18-30(36)29(19-27)32(38)39/h5-19,36H,2,20-22H2,1,3-4H3,(H,33,37)(H,38,39)/b6-5-,8-7-. The van der Waals surface area contributed by atoms with Crippen LogP contribution in [0.15, 0.2) is 103 Å². The van der Waals surface area contributed by atoms with E-state index < -0.39 is 5.97 Å². The van der Waals surface area contributed by atoms with Gasteiger partial charge in [0.25, 0.3) is 5.91 Å². The lowest BCUT2D eigenvalue weighted by atomic mass is 10.1. The second-order valence-corrected chi connectivity index (χ2v) is 9.36. The molecule has 0 bridgehead atoms. The summed E-state index contributed by atoms with van der Waals surface area (Å²) in [6.07, 6.45) is 7.42. The number of amides is 1. The van der Waals surface area contributed by atoms with Gasteiger partial charge in [0.15, 0.2) is 0 Å². The maximum Gasteiger partial charge on any atom is 0.339 e. The first kappa shape index (κ1) is 30.7. The lowest BCUT2D eigenvalue weighted by Crippen LogP contribution is -2.29. The Labute approximate surface area is 240 Å². The van der Waals surface area contributed by atoms with Crippen LogP contribution in [0.3, 0.4) is 0 Å². The Kier molecular flexibility index (Phi) is 11.3. The molecule has 0 unspecified atom stereocenters. The summed E-state index contributed by atoms with van der Waals surface area (Å²) in [6.45, 7) is 6.67. The topological polar surface area (TPSA) is 112 Å². The third kappa shape index (κ3) is 9.68. The molecule has 3 aromatic rings. The fourth-order valence-corrected chi connectivity index (χ4v) is 3.59. The largest absolute Gasteiger partial charge is 0.507 e. The van der Waals surface area contributed by atoms with Gasteiger partial charge in [-0.2, -0.15) is 0 Å². The molecule has 0 saturated carbocycles. The van der Waals surface area contributed by atoms with Crippen molar-refractivity contribution in [1.29, 1.82) is 0 Å². The highest BCUT2D eigenvalue weighted by atomic mass is 16.7. The minimum absolute atomic E-state index is 0.218. The van der Waals surface area contributed by atoms with Gasteiger partial charge in [0, 0.05) is 12.1 Å². The second kappa shape index (κ2) is 15.1. The molecular weight excluding hydrogens is 522 g/mol. The van der Waals surface area contributed by atoms with Crippen molar-refractivity contribution in [1.82, 2.24) is 10.2 Å². The van der Waals surface area contributed by atoms with Crippen LogP contribution in [0.4, 0.5) is 5.69 Å². The van der Waals surface area contributed by atoms with Gasteiger partial charge in [-0.05, 0) is 80.7 Å². The summed E-state index contributed by atoms with van der Waals surface area (Å²) in [5.41, 5.74) is 2.49. The molecule has 0 fully saturated rings. The summed E-state index contributed by atoms with van der Waals surface area (Å²) in [6, 6.07) is 18.7. The number of nitrogens with zero attached hydrogens (tertiary/aromatic N) is 2. The Morgan fingerprint density at radius 3 is 2.29 bits per heavy atom. The van der Waals surface area contributed by atoms with Crippen molar-refractivity contribution >= 4 is 17.6 Å². The molecule has 0 atom stereocenters. The number of aromatic hydroxyl groups is 1. The van der Waals surface area contributed by atoms with E-state index in [-0.39, 0.29) is 30.5 Å². The first-order valence-electron chi connectivity index (χ1n) is 12.9. The Bertz CT molecular complexity index is 1400. The second-order valence-electron chi connectivity index (χ2n) is 9.36. The Hall–Kier alpha value is -4.86. The average Bonchev–Trinajstić information content (AvgIpc) is 2.95. The first-order valence-corrected chi connectivity index (χ1v) is 12.9. The quantitative estimate of drug-likeness (QED) is 0.103. The highest BCUT2D eigenvalue weighted by molar-refractivity contribution is 5.94. The maximum atomic E-state index is 12.7. The summed E-state index contributed by atoms with van der Waals surface area (Å²) in [4.78, 5) is 31.9. The molecule has 3 N–H and O–H groups in total. The van der Waals surface area contributed by atoms with Crippen molar-refractivity contribution in [2.24, 2.45) is 0 Å². The number of aromatic carboxylic acids is 1. The van der Waals surface area contributed by atoms with E-state index in [0.717, 1.165) is 11.1 Å². The number of ether oxygens (including phenoxy) is 1. The van der Waals surface area contributed by atoms with Gasteiger partial charge in [0.05, 0.1) is 12.2 Å². The zero-order valence-electron chi connectivity index (χ0n) is 23.4. The van der Waals surface area contributed by atoms with Crippen molar-refractivity contribution < 1.29 is 29.4 Å². The predicted molar refractivity (Wildman–Crippen MR) is 159 cm³/mol. The van der Waals surface area contributed by atoms with Gasteiger partial charge in [-0.3, -0.25) is 14.5 Å². The van der Waals surface area contributed by atoms with Crippen molar-refractivity contribution in [3.8, 4) is 11.5 Å². The summed E-state index contributed by atoms with van der Waals surface area (Å²) in [5, 5.41) is 23.7. The number of anilines is 1. The highest BCUT2D eigenvalue weighted by Gasteiger charge is 2.16. The van der Waals surface area contributed by atoms with Gasteiger partial charge in [-0.15, -0.1) is 0 Å². The Balaban J connectivity index is 1.60. The van der Waals surface area contributed by atoms with E-state index in [1.807, 2.05) is 80.5 Å². The van der Waals surface area contributed by atoms with E-state index in [2.05, 4.69) is 11.9 Å². The number of hydroxylamine groups is 1. The number of carbonyl (C=O) groups is 2. The molecular formula is C32H35N3O6. The molecule has 0 aliphatic heterocycles. The number of hydrogen-bond acceptors (Lipinski definition) is 7. The summed E-state index contributed by atoms with van der Waals surface area (Å²) >= 11 is 0. The molecule has 9 heteroatoms. The van der Waals surface area contributed by atoms with Crippen LogP contribution in [-0.4, -0.2) is 47.8 Å². The van der Waals surface area contributed by atoms with E-state index >= 15 is 0 Å². The van der Waals surface area contributed by atoms with Gasteiger partial charge in [0.2, 0.25) is 0 Å². The predicted octanol–water partition coefficient (Wildman–Crippen LogP) is 5.50. The van der Waals surface area contributed by atoms with E-state index in [0.29, 0.717) is 29.3 Å². The number of nitrogens with one attached hydrogen (secondary N) is 1. The molecule has 0 radical (unpaired) electrons. The smallest absolute Gasteiger partial charge is 0.339 e. The van der Waals surface area contributed by atoms with Crippen LogP contribution in [-0.2, 0) is 17.9 Å². The molecule has 3 rings (SSSR count). The average molecular weight is 558 g/mol. The fraction of sp³-hybridized carbons (Fsp3) is 0.188. The van der Waals surface area contributed by atoms with E-state index in [1.165, 1.54) is 12.1 Å². The number of rotatable bonds is 14. The monoisotopic (exact) mass is 557 g/mol. The number of phenols is 1. The number of allylic oxidation sites excluding steroid dienone is 4. The molecule has 3 aromatic carbocycles. The summed E-state index contributed by atoms with van der Waals surface area (Å²) < 4.78 is 5.67. The molecule has 214 valence electrons. The number of benzene rings is 3. The molecule has 0 spiro atoms. The highest BCUT2D eigenvalue weighted by Crippen LogP contribution is 2.26. The summed E-state index contributed by atoms with van der Waals surface area (Å²) in [7, 11) is 3.69. The molecule has 1 amide bonds. The third-order valence-electron chi connectivity index (χ3n) is 5.72. The molecule has 41 heavy (non-hydrogen) atoms. The van der Waals surface area contributed by atoms with E-state index in [4.69, 9.17) is 9.57 Å². The van der Waals surface area contributed by atoms with Crippen LogP contribution in [0, 0.1) is 0 Å². The lowest BCUT2D eigenvalue weighted by molar-refractivity contribution is 0.0345. The van der Waals surface area contributed by atoms with Gasteiger partial charge < -0.3 is 20.3 Å². The molecule has 0 aromatic heterocycles. The maximum absolute atomic E-state index is 12.7. The zero-order valence-corrected chi connectivity index (χ0v) is 23.4. The third-order valence-corrected chi connectivity index (χ3v) is 5.72. The lowest BCUT2D eigenvalue weighted by Gasteiger charge is -2.26. The number of carboxylic acids is 1. The SMILES string of the molecule is C=C(/C=C\C=C/C)Oc1ccc(CNC(=O)c2ccc(CN(OCN(C)C)c3ccc(O)c(C(=O)O)c3)cc2)cc1. The zero-order chi connectivity index (χ0) is 29.8. The van der Waals surface area contributed by atoms with Crippen LogP contribution in [0.5, 0.6) is 11.5 Å². The van der Waals surface area contributed by atoms with Gasteiger partial charge in [-0.1, -0.05) is 49.1 Å². The fourth-order valence-electron chi connectivity index (χ4n) is 3.59. The number of carboxylic acid groups (broad SMARTS) is 1. The molecule has 9 nitrogen and oxygen atoms in total. The van der Waals surface area contributed by atoms with Crippen LogP contribution in [0.25, 0.3) is 0 Å². The number of hydrogen-bond donors (Lipinski definition) is 3. The minimum atomic E-state index is -1.24. The van der Waals surface area contributed by atoms with Gasteiger partial charge in [-0.25, -0.2) is 9.86 Å². The molecule has 0 aliphatic carbocycles. The van der Waals surface area contributed by atoms with Crippen LogP contribution < -0.4 is 15.1 Å². The first-order chi connectivity index (χ1) is 19.7. The Morgan fingerprint density at radius 1 is 0.976 bits per heavy atom. The molecule has 0 saturated heterocycles. The van der Waals surface area contributed by atoms with Crippen LogP contribution in [0.2, 0.25) is 0 Å². The number of carbonyl (C=O) groups excluding carboxylic acids is 1. The van der Waals surface area contributed by atoms with Gasteiger partial charge in [0.1, 0.15) is 29.6 Å². The van der Waals surface area contributed by atoms with Crippen LogP contribution >= 0.6 is 0 Å². The Morgan fingerprint density at radius 2 is 1.66 bits per heavy atom. The van der Waals surface area contributed by atoms with Crippen molar-refractivity contribution in [3.05, 3.63) is 126 Å².